The monoisotopic (exact) mass is 536 g/mol. The number of thioether (sulfide) groups is 1. The highest BCUT2D eigenvalue weighted by Gasteiger charge is 2.32. The molecule has 0 radical (unpaired) electrons. The van der Waals surface area contributed by atoms with Crippen LogP contribution in [0.3, 0.4) is 0 Å². The predicted molar refractivity (Wildman–Crippen MR) is 142 cm³/mol. The molecule has 0 aliphatic carbocycles. The third-order valence-electron chi connectivity index (χ3n) is 5.90. The molecule has 0 saturated carbocycles. The molecule has 36 heavy (non-hydrogen) atoms. The summed E-state index contributed by atoms with van der Waals surface area (Å²) in [6, 6.07) is 13.4. The first-order valence-electron chi connectivity index (χ1n) is 12.0. The third kappa shape index (κ3) is 7.38. The summed E-state index contributed by atoms with van der Waals surface area (Å²) >= 11 is 1.57. The van der Waals surface area contributed by atoms with E-state index >= 15 is 0 Å². The minimum atomic E-state index is -3.95. The summed E-state index contributed by atoms with van der Waals surface area (Å²) in [6.45, 7) is 5.77. The predicted octanol–water partition coefficient (Wildman–Crippen LogP) is 3.15. The Morgan fingerprint density at radius 1 is 1.08 bits per heavy atom. The van der Waals surface area contributed by atoms with E-state index in [4.69, 9.17) is 9.47 Å². The molecular weight excluding hydrogens is 500 g/mol. The molecule has 1 amide bonds. The Morgan fingerprint density at radius 2 is 1.78 bits per heavy atom. The second-order valence-corrected chi connectivity index (χ2v) is 12.3. The van der Waals surface area contributed by atoms with Gasteiger partial charge in [0.05, 0.1) is 17.0 Å². The van der Waals surface area contributed by atoms with Crippen LogP contribution in [0.1, 0.15) is 26.3 Å². The zero-order chi connectivity index (χ0) is 26.3. The first kappa shape index (κ1) is 28.3. The molecule has 8 nitrogen and oxygen atoms in total. The fourth-order valence-corrected chi connectivity index (χ4v) is 6.29. The molecule has 1 unspecified atom stereocenters. The van der Waals surface area contributed by atoms with Crippen LogP contribution in [0, 0.1) is 11.8 Å². The van der Waals surface area contributed by atoms with Gasteiger partial charge >= 0.3 is 0 Å². The Balaban J connectivity index is 1.85. The van der Waals surface area contributed by atoms with Gasteiger partial charge in [-0.25, -0.2) is 8.42 Å². The van der Waals surface area contributed by atoms with E-state index < -0.39 is 22.2 Å². The van der Waals surface area contributed by atoms with Crippen LogP contribution in [-0.4, -0.2) is 67.8 Å². The van der Waals surface area contributed by atoms with Crippen LogP contribution >= 0.6 is 11.8 Å². The van der Waals surface area contributed by atoms with Gasteiger partial charge in [0, 0.05) is 30.8 Å². The van der Waals surface area contributed by atoms with Crippen molar-refractivity contribution in [1.29, 1.82) is 0 Å². The number of benzene rings is 2. The lowest BCUT2D eigenvalue weighted by atomic mass is 10.00. The number of sulfonamides is 1. The fraction of sp³-hybridized carbons (Fsp3) is 0.500. The lowest BCUT2D eigenvalue weighted by Gasteiger charge is -2.31. The van der Waals surface area contributed by atoms with Gasteiger partial charge in [-0.1, -0.05) is 51.1 Å². The number of carbonyl (C=O) groups is 1. The molecule has 3 rings (SSSR count). The Bertz CT molecular complexity index is 1110. The molecule has 0 saturated heterocycles. The molecule has 2 aromatic rings. The summed E-state index contributed by atoms with van der Waals surface area (Å²) in [6.07, 6.45) is 1.18. The van der Waals surface area contributed by atoms with Gasteiger partial charge in [-0.15, -0.1) is 0 Å². The maximum Gasteiger partial charge on any atom is 0.243 e. The number of nitrogens with zero attached hydrogens (tertiary/aromatic N) is 1. The quantitative estimate of drug-likeness (QED) is 0.405. The largest absolute Gasteiger partial charge is 0.454 e. The molecule has 10 heteroatoms. The number of hydrogen-bond donors (Lipinski definition) is 2. The van der Waals surface area contributed by atoms with Crippen LogP contribution in [0.15, 0.2) is 53.4 Å². The topological polar surface area (TPSA) is 105 Å². The summed E-state index contributed by atoms with van der Waals surface area (Å²) in [5.41, 5.74) is 0.938. The molecular formula is C26H36N2O6S2. The number of nitrogens with one attached hydrogen (secondary N) is 1. The first-order valence-corrected chi connectivity index (χ1v) is 14.9. The molecule has 0 fully saturated rings. The number of rotatable bonds is 13. The maximum atomic E-state index is 13.6. The van der Waals surface area contributed by atoms with E-state index in [2.05, 4.69) is 5.32 Å². The molecule has 0 bridgehead atoms. The van der Waals surface area contributed by atoms with Gasteiger partial charge < -0.3 is 19.9 Å². The highest BCUT2D eigenvalue weighted by molar-refractivity contribution is 7.98. The van der Waals surface area contributed by atoms with E-state index in [0.29, 0.717) is 23.7 Å². The van der Waals surface area contributed by atoms with E-state index in [1.807, 2.05) is 57.4 Å². The van der Waals surface area contributed by atoms with Crippen molar-refractivity contribution in [2.75, 3.05) is 31.9 Å². The van der Waals surface area contributed by atoms with Crippen molar-refractivity contribution in [3.8, 4) is 11.5 Å². The average Bonchev–Trinajstić information content (AvgIpc) is 3.31. The fourth-order valence-electron chi connectivity index (χ4n) is 4.00. The first-order chi connectivity index (χ1) is 17.1. The number of ether oxygens (including phenoxy) is 2. The van der Waals surface area contributed by atoms with E-state index in [9.17, 15) is 18.3 Å². The minimum absolute atomic E-state index is 0.0183. The summed E-state index contributed by atoms with van der Waals surface area (Å²) in [5.74, 6) is 1.13. The van der Waals surface area contributed by atoms with Crippen molar-refractivity contribution >= 4 is 27.7 Å². The standard InChI is InChI=1S/C26H36N2O6S2/c1-18(2)14-28(36(31,32)21-10-11-24-25(13-21)34-17-33-24)15-23(29)22(12-20-8-6-5-7-9-20)27-26(30)19(3)16-35-4/h5-11,13,18-19,22-23,29H,12,14-17H2,1-4H3,(H,27,30)/t19-,22?,23-/m1/s1. The molecule has 0 aromatic heterocycles. The Morgan fingerprint density at radius 3 is 2.44 bits per heavy atom. The van der Waals surface area contributed by atoms with Gasteiger partial charge in [0.2, 0.25) is 22.7 Å². The summed E-state index contributed by atoms with van der Waals surface area (Å²) in [5, 5.41) is 14.3. The van der Waals surface area contributed by atoms with Gasteiger partial charge in [-0.05, 0) is 36.3 Å². The Labute approximate surface area is 218 Å². The number of aliphatic hydroxyl groups excluding tert-OH is 1. The normalized spacial score (nSPS) is 15.6. The highest BCUT2D eigenvalue weighted by Crippen LogP contribution is 2.34. The zero-order valence-corrected chi connectivity index (χ0v) is 22.8. The number of fused-ring (bicyclic) bond motifs is 1. The van der Waals surface area contributed by atoms with Crippen LogP contribution in [0.5, 0.6) is 11.5 Å². The molecule has 198 valence electrons. The molecule has 2 N–H and O–H groups in total. The van der Waals surface area contributed by atoms with Crippen molar-refractivity contribution < 1.29 is 27.8 Å². The Kier molecular flexibility index (Phi) is 10.1. The van der Waals surface area contributed by atoms with Crippen molar-refractivity contribution in [3.05, 3.63) is 54.1 Å². The highest BCUT2D eigenvalue weighted by atomic mass is 32.2. The lowest BCUT2D eigenvalue weighted by Crippen LogP contribution is -2.52. The molecule has 1 heterocycles. The van der Waals surface area contributed by atoms with Crippen molar-refractivity contribution in [1.82, 2.24) is 9.62 Å². The summed E-state index contributed by atoms with van der Waals surface area (Å²) in [7, 11) is -3.95. The van der Waals surface area contributed by atoms with Crippen molar-refractivity contribution in [2.45, 2.75) is 44.2 Å². The third-order valence-corrected chi connectivity index (χ3v) is 8.56. The summed E-state index contributed by atoms with van der Waals surface area (Å²) < 4.78 is 39.2. The van der Waals surface area contributed by atoms with Crippen LogP contribution in [0.4, 0.5) is 0 Å². The Hall–Kier alpha value is -2.27. The van der Waals surface area contributed by atoms with Crippen molar-refractivity contribution in [3.63, 3.8) is 0 Å². The van der Waals surface area contributed by atoms with E-state index in [-0.39, 0.29) is 42.5 Å². The van der Waals surface area contributed by atoms with Gasteiger partial charge in [0.15, 0.2) is 11.5 Å². The zero-order valence-electron chi connectivity index (χ0n) is 21.2. The SMILES string of the molecule is CSC[C@@H](C)C(=O)NC(Cc1ccccc1)[C@H](O)CN(CC(C)C)S(=O)(=O)c1ccc2c(c1)OCO2. The molecule has 2 aromatic carbocycles. The lowest BCUT2D eigenvalue weighted by molar-refractivity contribution is -0.125. The number of hydrogen-bond acceptors (Lipinski definition) is 7. The van der Waals surface area contributed by atoms with Crippen molar-refractivity contribution in [2.24, 2.45) is 11.8 Å². The average molecular weight is 537 g/mol. The van der Waals surface area contributed by atoms with Gasteiger partial charge in [-0.3, -0.25) is 4.79 Å². The van der Waals surface area contributed by atoms with Gasteiger partial charge in [0.25, 0.3) is 0 Å². The van der Waals surface area contributed by atoms with Crippen LogP contribution in [0.2, 0.25) is 0 Å². The number of carbonyl (C=O) groups excluding carboxylic acids is 1. The number of amides is 1. The smallest absolute Gasteiger partial charge is 0.243 e. The van der Waals surface area contributed by atoms with Gasteiger partial charge in [0.1, 0.15) is 0 Å². The maximum absolute atomic E-state index is 13.6. The van der Waals surface area contributed by atoms with E-state index in [1.54, 1.807) is 17.8 Å². The number of aliphatic hydroxyl groups is 1. The van der Waals surface area contributed by atoms with E-state index in [1.165, 1.54) is 16.4 Å². The van der Waals surface area contributed by atoms with E-state index in [0.717, 1.165) is 5.56 Å². The van der Waals surface area contributed by atoms with Crippen LogP contribution in [-0.2, 0) is 21.2 Å². The van der Waals surface area contributed by atoms with Gasteiger partial charge in [-0.2, -0.15) is 16.1 Å². The molecule has 1 aliphatic heterocycles. The second-order valence-electron chi connectivity index (χ2n) is 9.46. The molecule has 3 atom stereocenters. The second kappa shape index (κ2) is 12.8. The minimum Gasteiger partial charge on any atom is -0.454 e. The van der Waals surface area contributed by atoms with Crippen LogP contribution in [0.25, 0.3) is 0 Å². The summed E-state index contributed by atoms with van der Waals surface area (Å²) in [4.78, 5) is 12.9. The molecule has 0 spiro atoms. The van der Waals surface area contributed by atoms with Crippen LogP contribution < -0.4 is 14.8 Å². The molecule has 1 aliphatic rings.